The molecule has 0 aliphatic heterocycles. The van der Waals surface area contributed by atoms with Crippen LogP contribution in [0.1, 0.15) is 47.2 Å². The number of esters is 1. The van der Waals surface area contributed by atoms with E-state index < -0.39 is 17.9 Å². The second-order valence-corrected chi connectivity index (χ2v) is 6.25. The maximum Gasteiger partial charge on any atom is 0.329 e. The molecule has 0 saturated carbocycles. The van der Waals surface area contributed by atoms with Crippen molar-refractivity contribution in [3.63, 3.8) is 0 Å². The number of nitrogens with one attached hydrogen (secondary N) is 1. The van der Waals surface area contributed by atoms with E-state index in [0.29, 0.717) is 5.56 Å². The van der Waals surface area contributed by atoms with Crippen LogP contribution in [0.25, 0.3) is 0 Å². The zero-order valence-electron chi connectivity index (χ0n) is 15.2. The SMILES string of the molecule is CCc1ccc(C(=O)COC(=O)[C@H](NC(=O)c2ccco2)C(C)C)cc1. The van der Waals surface area contributed by atoms with Crippen molar-refractivity contribution >= 4 is 17.7 Å². The summed E-state index contributed by atoms with van der Waals surface area (Å²) in [7, 11) is 0. The Bertz CT molecular complexity index is 747. The molecule has 26 heavy (non-hydrogen) atoms. The predicted octanol–water partition coefficient (Wildman–Crippen LogP) is 3.02. The smallest absolute Gasteiger partial charge is 0.329 e. The van der Waals surface area contributed by atoms with Crippen LogP contribution in [0.4, 0.5) is 0 Å². The number of hydrogen-bond donors (Lipinski definition) is 1. The number of aryl methyl sites for hydroxylation is 1. The zero-order chi connectivity index (χ0) is 19.1. The lowest BCUT2D eigenvalue weighted by Gasteiger charge is -2.20. The first-order chi connectivity index (χ1) is 12.4. The molecule has 1 atom stereocenters. The van der Waals surface area contributed by atoms with E-state index in [9.17, 15) is 14.4 Å². The molecule has 0 radical (unpaired) electrons. The van der Waals surface area contributed by atoms with Gasteiger partial charge in [0.05, 0.1) is 6.26 Å². The predicted molar refractivity (Wildman–Crippen MR) is 95.9 cm³/mol. The number of carbonyl (C=O) groups is 3. The Hall–Kier alpha value is -2.89. The van der Waals surface area contributed by atoms with Gasteiger partial charge in [0.15, 0.2) is 18.2 Å². The summed E-state index contributed by atoms with van der Waals surface area (Å²) in [6.45, 7) is 5.21. The van der Waals surface area contributed by atoms with Crippen molar-refractivity contribution in [2.45, 2.75) is 33.2 Å². The van der Waals surface area contributed by atoms with Gasteiger partial charge in [-0.15, -0.1) is 0 Å². The molecule has 138 valence electrons. The number of carbonyl (C=O) groups excluding carboxylic acids is 3. The normalized spacial score (nSPS) is 11.8. The third-order valence-electron chi connectivity index (χ3n) is 3.98. The molecule has 0 aliphatic carbocycles. The molecule has 0 spiro atoms. The van der Waals surface area contributed by atoms with Crippen LogP contribution in [-0.4, -0.2) is 30.3 Å². The number of rotatable bonds is 8. The molecule has 2 rings (SSSR count). The average molecular weight is 357 g/mol. The van der Waals surface area contributed by atoms with E-state index in [1.807, 2.05) is 19.1 Å². The summed E-state index contributed by atoms with van der Waals surface area (Å²) >= 11 is 0. The Labute approximate surface area is 152 Å². The molecule has 1 heterocycles. The Morgan fingerprint density at radius 3 is 2.35 bits per heavy atom. The molecular weight excluding hydrogens is 334 g/mol. The second-order valence-electron chi connectivity index (χ2n) is 6.25. The quantitative estimate of drug-likeness (QED) is 0.580. The first-order valence-corrected chi connectivity index (χ1v) is 8.55. The molecule has 0 bridgehead atoms. The standard InChI is InChI=1S/C20H23NO5/c1-4-14-7-9-15(10-8-14)16(22)12-26-20(24)18(13(2)3)21-19(23)17-6-5-11-25-17/h5-11,13,18H,4,12H2,1-3H3,(H,21,23)/t18-/m1/s1. The minimum Gasteiger partial charge on any atom is -0.459 e. The van der Waals surface area contributed by atoms with Crippen LogP contribution in [0, 0.1) is 5.92 Å². The molecular formula is C20H23NO5. The van der Waals surface area contributed by atoms with Gasteiger partial charge < -0.3 is 14.5 Å². The summed E-state index contributed by atoms with van der Waals surface area (Å²) in [5.41, 5.74) is 1.61. The summed E-state index contributed by atoms with van der Waals surface area (Å²) in [5, 5.41) is 2.58. The third kappa shape index (κ3) is 5.05. The fourth-order valence-corrected chi connectivity index (χ4v) is 2.35. The van der Waals surface area contributed by atoms with Crippen molar-refractivity contribution in [2.24, 2.45) is 5.92 Å². The molecule has 0 fully saturated rings. The van der Waals surface area contributed by atoms with Gasteiger partial charge in [0.25, 0.3) is 5.91 Å². The molecule has 6 nitrogen and oxygen atoms in total. The highest BCUT2D eigenvalue weighted by Crippen LogP contribution is 2.09. The van der Waals surface area contributed by atoms with Crippen molar-refractivity contribution in [1.82, 2.24) is 5.32 Å². The molecule has 2 aromatic rings. The lowest BCUT2D eigenvalue weighted by molar-refractivity contribution is -0.145. The number of amides is 1. The Morgan fingerprint density at radius 2 is 1.81 bits per heavy atom. The molecule has 0 unspecified atom stereocenters. The molecule has 0 aliphatic rings. The van der Waals surface area contributed by atoms with E-state index in [1.165, 1.54) is 12.3 Å². The van der Waals surface area contributed by atoms with Crippen LogP contribution in [-0.2, 0) is 16.0 Å². The van der Waals surface area contributed by atoms with Crippen molar-refractivity contribution in [2.75, 3.05) is 6.61 Å². The lowest BCUT2D eigenvalue weighted by atomic mass is 10.0. The van der Waals surface area contributed by atoms with Gasteiger partial charge >= 0.3 is 5.97 Å². The number of ether oxygens (including phenoxy) is 1. The summed E-state index contributed by atoms with van der Waals surface area (Å²) in [6, 6.07) is 9.39. The first kappa shape index (κ1) is 19.4. The number of hydrogen-bond acceptors (Lipinski definition) is 5. The molecule has 1 aromatic heterocycles. The maximum absolute atomic E-state index is 12.3. The van der Waals surface area contributed by atoms with Gasteiger partial charge in [-0.3, -0.25) is 9.59 Å². The van der Waals surface area contributed by atoms with E-state index in [1.54, 1.807) is 32.0 Å². The van der Waals surface area contributed by atoms with E-state index in [4.69, 9.17) is 9.15 Å². The van der Waals surface area contributed by atoms with Gasteiger partial charge in [-0.2, -0.15) is 0 Å². The number of Topliss-reactive ketones (excluding diaryl/α,β-unsaturated/α-hetero) is 1. The summed E-state index contributed by atoms with van der Waals surface area (Å²) < 4.78 is 10.1. The van der Waals surface area contributed by atoms with Crippen LogP contribution in [0.5, 0.6) is 0 Å². The minimum atomic E-state index is -0.872. The minimum absolute atomic E-state index is 0.107. The van der Waals surface area contributed by atoms with Crippen molar-refractivity contribution in [1.29, 1.82) is 0 Å². The Morgan fingerprint density at radius 1 is 1.12 bits per heavy atom. The Balaban J connectivity index is 1.94. The van der Waals surface area contributed by atoms with Gasteiger partial charge in [0, 0.05) is 5.56 Å². The van der Waals surface area contributed by atoms with Crippen LogP contribution < -0.4 is 5.32 Å². The van der Waals surface area contributed by atoms with Gasteiger partial charge in [0.1, 0.15) is 6.04 Å². The monoisotopic (exact) mass is 357 g/mol. The fourth-order valence-electron chi connectivity index (χ4n) is 2.35. The summed E-state index contributed by atoms with van der Waals surface area (Å²) in [4.78, 5) is 36.5. The number of furan rings is 1. The van der Waals surface area contributed by atoms with Gasteiger partial charge in [-0.1, -0.05) is 45.0 Å². The van der Waals surface area contributed by atoms with Crippen molar-refractivity contribution in [3.8, 4) is 0 Å². The fraction of sp³-hybridized carbons (Fsp3) is 0.350. The molecule has 0 saturated heterocycles. The molecule has 1 aromatic carbocycles. The number of benzene rings is 1. The highest BCUT2D eigenvalue weighted by atomic mass is 16.5. The highest BCUT2D eigenvalue weighted by Gasteiger charge is 2.27. The van der Waals surface area contributed by atoms with E-state index >= 15 is 0 Å². The van der Waals surface area contributed by atoms with Crippen molar-refractivity contribution in [3.05, 3.63) is 59.5 Å². The van der Waals surface area contributed by atoms with Gasteiger partial charge in [0.2, 0.25) is 0 Å². The topological polar surface area (TPSA) is 85.6 Å². The summed E-state index contributed by atoms with van der Waals surface area (Å²) in [6.07, 6.45) is 2.26. The average Bonchev–Trinajstić information content (AvgIpc) is 3.18. The summed E-state index contributed by atoms with van der Waals surface area (Å²) in [5.74, 6) is -1.55. The van der Waals surface area contributed by atoms with Crippen LogP contribution in [0.3, 0.4) is 0 Å². The molecule has 1 amide bonds. The second kappa shape index (κ2) is 8.99. The highest BCUT2D eigenvalue weighted by molar-refractivity contribution is 5.99. The zero-order valence-corrected chi connectivity index (χ0v) is 15.2. The molecule has 6 heteroatoms. The Kier molecular flexibility index (Phi) is 6.72. The largest absolute Gasteiger partial charge is 0.459 e. The maximum atomic E-state index is 12.3. The third-order valence-corrected chi connectivity index (χ3v) is 3.98. The van der Waals surface area contributed by atoms with E-state index in [2.05, 4.69) is 5.32 Å². The van der Waals surface area contributed by atoms with Crippen LogP contribution in [0.2, 0.25) is 0 Å². The number of ketones is 1. The van der Waals surface area contributed by atoms with E-state index in [0.717, 1.165) is 12.0 Å². The van der Waals surface area contributed by atoms with Crippen LogP contribution in [0.15, 0.2) is 47.1 Å². The van der Waals surface area contributed by atoms with Gasteiger partial charge in [-0.05, 0) is 30.0 Å². The van der Waals surface area contributed by atoms with Gasteiger partial charge in [-0.25, -0.2) is 4.79 Å². The molecule has 1 N–H and O–H groups in total. The van der Waals surface area contributed by atoms with Crippen molar-refractivity contribution < 1.29 is 23.5 Å². The first-order valence-electron chi connectivity index (χ1n) is 8.55. The van der Waals surface area contributed by atoms with Crippen LogP contribution >= 0.6 is 0 Å². The van der Waals surface area contributed by atoms with E-state index in [-0.39, 0.29) is 24.1 Å². The lowest BCUT2D eigenvalue weighted by Crippen LogP contribution is -2.45.